The molecule has 1 aromatic rings. The molecule has 1 saturated heterocycles. The van der Waals surface area contributed by atoms with Crippen LogP contribution in [0.2, 0.25) is 0 Å². The van der Waals surface area contributed by atoms with Crippen LogP contribution >= 0.6 is 0 Å². The van der Waals surface area contributed by atoms with Gasteiger partial charge in [-0.3, -0.25) is 14.5 Å². The molecule has 35 heavy (non-hydrogen) atoms. The van der Waals surface area contributed by atoms with Gasteiger partial charge in [-0.25, -0.2) is 4.98 Å². The van der Waals surface area contributed by atoms with Crippen molar-refractivity contribution in [2.45, 2.75) is 45.3 Å². The summed E-state index contributed by atoms with van der Waals surface area (Å²) in [5, 5.41) is 9.85. The molecular weight excluding hydrogens is 448 g/mol. The van der Waals surface area contributed by atoms with Gasteiger partial charge in [0.1, 0.15) is 11.7 Å². The Hall–Kier alpha value is -2.49. The van der Waals surface area contributed by atoms with Gasteiger partial charge in [-0.05, 0) is 43.4 Å². The number of morpholine rings is 1. The van der Waals surface area contributed by atoms with Crippen LogP contribution in [0.3, 0.4) is 0 Å². The van der Waals surface area contributed by atoms with E-state index in [0.29, 0.717) is 38.4 Å². The van der Waals surface area contributed by atoms with Crippen molar-refractivity contribution in [3.63, 3.8) is 0 Å². The molecule has 0 saturated carbocycles. The Bertz CT molecular complexity index is 946. The van der Waals surface area contributed by atoms with Crippen LogP contribution in [0.5, 0.6) is 5.88 Å². The van der Waals surface area contributed by atoms with Crippen molar-refractivity contribution < 1.29 is 24.2 Å². The summed E-state index contributed by atoms with van der Waals surface area (Å²) in [7, 11) is 1.79. The molecular formula is C26H38N4O5. The zero-order valence-electron chi connectivity index (χ0n) is 21.1. The van der Waals surface area contributed by atoms with E-state index < -0.39 is 0 Å². The lowest BCUT2D eigenvalue weighted by molar-refractivity contribution is -0.133. The van der Waals surface area contributed by atoms with Crippen LogP contribution in [0.15, 0.2) is 18.3 Å². The van der Waals surface area contributed by atoms with E-state index >= 15 is 0 Å². The molecule has 1 aliphatic carbocycles. The van der Waals surface area contributed by atoms with Crippen molar-refractivity contribution in [1.29, 1.82) is 0 Å². The van der Waals surface area contributed by atoms with Gasteiger partial charge in [0.15, 0.2) is 0 Å². The average Bonchev–Trinajstić information content (AvgIpc) is 3.41. The highest BCUT2D eigenvalue weighted by molar-refractivity contribution is 5.97. The van der Waals surface area contributed by atoms with Crippen LogP contribution in [-0.2, 0) is 9.53 Å². The third-order valence-electron chi connectivity index (χ3n) is 7.27. The minimum absolute atomic E-state index is 0.0260. The lowest BCUT2D eigenvalue weighted by Crippen LogP contribution is -2.51. The van der Waals surface area contributed by atoms with Crippen LogP contribution in [0.4, 0.5) is 0 Å². The summed E-state index contributed by atoms with van der Waals surface area (Å²) in [5.74, 6) is 0.0616. The van der Waals surface area contributed by atoms with Crippen LogP contribution in [0, 0.1) is 5.92 Å². The molecule has 9 nitrogen and oxygen atoms in total. The summed E-state index contributed by atoms with van der Waals surface area (Å²) in [5.41, 5.74) is 2.56. The maximum atomic E-state index is 13.6. The van der Waals surface area contributed by atoms with E-state index in [2.05, 4.69) is 16.0 Å². The Morgan fingerprint density at radius 1 is 1.34 bits per heavy atom. The third-order valence-corrected chi connectivity index (χ3v) is 7.27. The topological polar surface area (TPSA) is 95.4 Å². The number of hydrogen-bond acceptors (Lipinski definition) is 7. The fraction of sp³-hybridized carbons (Fsp3) is 0.654. The van der Waals surface area contributed by atoms with Crippen molar-refractivity contribution >= 4 is 17.4 Å². The Morgan fingerprint density at radius 2 is 2.11 bits per heavy atom. The molecule has 9 heteroatoms. The molecule has 4 rings (SSSR count). The summed E-state index contributed by atoms with van der Waals surface area (Å²) in [6, 6.07) is 1.53. The van der Waals surface area contributed by atoms with Crippen molar-refractivity contribution in [2.75, 3.05) is 59.6 Å². The summed E-state index contributed by atoms with van der Waals surface area (Å²) in [6.45, 7) is 7.67. The molecule has 3 heterocycles. The first-order chi connectivity index (χ1) is 16.9. The first-order valence-corrected chi connectivity index (χ1v) is 12.7. The van der Waals surface area contributed by atoms with Gasteiger partial charge in [0.2, 0.25) is 11.8 Å². The molecule has 0 aromatic carbocycles. The summed E-state index contributed by atoms with van der Waals surface area (Å²) < 4.78 is 11.7. The van der Waals surface area contributed by atoms with Gasteiger partial charge in [0.25, 0.3) is 5.91 Å². The monoisotopic (exact) mass is 486 g/mol. The Morgan fingerprint density at radius 3 is 2.80 bits per heavy atom. The number of allylic oxidation sites excluding steroid dienone is 2. The van der Waals surface area contributed by atoms with Crippen LogP contribution in [0.25, 0.3) is 5.57 Å². The van der Waals surface area contributed by atoms with E-state index in [1.165, 1.54) is 5.57 Å². The number of pyridine rings is 1. The maximum Gasteiger partial charge on any atom is 0.259 e. The second-order valence-corrected chi connectivity index (χ2v) is 9.98. The molecule has 1 aromatic heterocycles. The second-order valence-electron chi connectivity index (χ2n) is 9.98. The zero-order chi connectivity index (χ0) is 24.9. The highest BCUT2D eigenvalue weighted by atomic mass is 16.5. The average molecular weight is 487 g/mol. The van der Waals surface area contributed by atoms with Crippen molar-refractivity contribution in [2.24, 2.45) is 5.92 Å². The second kappa shape index (κ2) is 11.5. The highest BCUT2D eigenvalue weighted by Gasteiger charge is 2.35. The van der Waals surface area contributed by atoms with Crippen LogP contribution < -0.4 is 4.74 Å². The molecule has 3 atom stereocenters. The SMILES string of the molecule is C[C@@H]1CN([C@@H](C)CO)C(=O)c2cc(C3=CCCC3)cnc2O[C@@H]1CN(C)C(=O)CN1CCOCC1. The Labute approximate surface area is 207 Å². The lowest BCUT2D eigenvalue weighted by atomic mass is 9.99. The fourth-order valence-electron chi connectivity index (χ4n) is 4.87. The van der Waals surface area contributed by atoms with Gasteiger partial charge in [-0.1, -0.05) is 13.0 Å². The fourth-order valence-corrected chi connectivity index (χ4v) is 4.87. The van der Waals surface area contributed by atoms with Gasteiger partial charge >= 0.3 is 0 Å². The molecule has 2 aliphatic heterocycles. The number of likely N-dealkylation sites (N-methyl/N-ethyl adjacent to an activating group) is 1. The standard InChI is InChI=1S/C26H38N4O5/c1-18-14-30(19(2)17-31)26(33)22-12-21(20-6-4-5-7-20)13-27-25(22)35-23(18)15-28(3)24(32)16-29-8-10-34-11-9-29/h6,12-13,18-19,23,31H,4-5,7-11,14-17H2,1-3H3/t18-,19+,23-/m1/s1. The smallest absolute Gasteiger partial charge is 0.259 e. The number of fused-ring (bicyclic) bond motifs is 1. The van der Waals surface area contributed by atoms with Crippen LogP contribution in [-0.4, -0.2) is 108 Å². The number of amides is 2. The van der Waals surface area contributed by atoms with Gasteiger partial charge in [0.05, 0.1) is 39.0 Å². The first kappa shape index (κ1) is 25.6. The van der Waals surface area contributed by atoms with Gasteiger partial charge < -0.3 is 24.4 Å². The molecule has 0 radical (unpaired) electrons. The number of ether oxygens (including phenoxy) is 2. The van der Waals surface area contributed by atoms with E-state index in [9.17, 15) is 14.7 Å². The summed E-state index contributed by atoms with van der Waals surface area (Å²) in [4.78, 5) is 36.6. The number of aliphatic hydroxyl groups excluding tert-OH is 1. The van der Waals surface area contributed by atoms with Crippen molar-refractivity contribution in [3.8, 4) is 5.88 Å². The number of aliphatic hydroxyl groups is 1. The quantitative estimate of drug-likeness (QED) is 0.626. The van der Waals surface area contributed by atoms with E-state index in [1.54, 1.807) is 23.0 Å². The van der Waals surface area contributed by atoms with E-state index in [1.807, 2.05) is 19.9 Å². The highest BCUT2D eigenvalue weighted by Crippen LogP contribution is 2.32. The van der Waals surface area contributed by atoms with Gasteiger partial charge in [0, 0.05) is 38.8 Å². The molecule has 192 valence electrons. The minimum atomic E-state index is -0.349. The molecule has 1 N–H and O–H groups in total. The third kappa shape index (κ3) is 6.02. The van der Waals surface area contributed by atoms with E-state index in [4.69, 9.17) is 9.47 Å². The number of carbonyl (C=O) groups excluding carboxylic acids is 2. The molecule has 3 aliphatic rings. The molecule has 0 spiro atoms. The molecule has 2 amide bonds. The molecule has 0 unspecified atom stereocenters. The summed E-state index contributed by atoms with van der Waals surface area (Å²) >= 11 is 0. The van der Waals surface area contributed by atoms with Gasteiger partial charge in [-0.15, -0.1) is 0 Å². The van der Waals surface area contributed by atoms with E-state index in [0.717, 1.165) is 37.9 Å². The normalized spacial score (nSPS) is 24.2. The predicted molar refractivity (Wildman–Crippen MR) is 132 cm³/mol. The number of aromatic nitrogens is 1. The maximum absolute atomic E-state index is 13.6. The zero-order valence-corrected chi connectivity index (χ0v) is 21.1. The first-order valence-electron chi connectivity index (χ1n) is 12.7. The van der Waals surface area contributed by atoms with Crippen LogP contribution in [0.1, 0.15) is 49.0 Å². The number of carbonyl (C=O) groups is 2. The lowest BCUT2D eigenvalue weighted by Gasteiger charge is -2.38. The Balaban J connectivity index is 1.56. The molecule has 1 fully saturated rings. The molecule has 0 bridgehead atoms. The predicted octanol–water partition coefficient (Wildman–Crippen LogP) is 1.66. The van der Waals surface area contributed by atoms with Crippen molar-refractivity contribution in [1.82, 2.24) is 19.7 Å². The van der Waals surface area contributed by atoms with E-state index in [-0.39, 0.29) is 42.4 Å². The summed E-state index contributed by atoms with van der Waals surface area (Å²) in [6.07, 6.45) is 6.75. The number of hydrogen-bond donors (Lipinski definition) is 1. The minimum Gasteiger partial charge on any atom is -0.472 e. The van der Waals surface area contributed by atoms with Gasteiger partial charge in [-0.2, -0.15) is 0 Å². The number of rotatable bonds is 7. The Kier molecular flexibility index (Phi) is 8.41. The largest absolute Gasteiger partial charge is 0.472 e. The van der Waals surface area contributed by atoms with Crippen molar-refractivity contribution in [3.05, 3.63) is 29.5 Å². The number of nitrogens with zero attached hydrogens (tertiary/aromatic N) is 4.